The Bertz CT molecular complexity index is 665. The van der Waals surface area contributed by atoms with Crippen LogP contribution in [0.25, 0.3) is 11.4 Å². The Labute approximate surface area is 128 Å². The number of hydrogen-bond donors (Lipinski definition) is 0. The molecular formula is C15H18N4O3. The zero-order valence-corrected chi connectivity index (χ0v) is 12.8. The van der Waals surface area contributed by atoms with E-state index < -0.39 is 0 Å². The number of rotatable bonds is 4. The van der Waals surface area contributed by atoms with Crippen molar-refractivity contribution >= 4 is 5.91 Å². The van der Waals surface area contributed by atoms with Crippen LogP contribution in [0.4, 0.5) is 0 Å². The highest BCUT2D eigenvalue weighted by atomic mass is 16.7. The van der Waals surface area contributed by atoms with Crippen LogP contribution in [-0.4, -0.2) is 59.3 Å². The third-order valence-corrected chi connectivity index (χ3v) is 3.94. The van der Waals surface area contributed by atoms with Gasteiger partial charge in [0.05, 0.1) is 18.8 Å². The smallest absolute Gasteiger partial charge is 0.259 e. The lowest BCUT2D eigenvalue weighted by Crippen LogP contribution is -2.59. The molecular weight excluding hydrogens is 284 g/mol. The average Bonchev–Trinajstić information content (AvgIpc) is 2.88. The van der Waals surface area contributed by atoms with E-state index in [-0.39, 0.29) is 11.9 Å². The molecule has 0 spiro atoms. The number of likely N-dealkylation sites (N-methyl/N-ethyl adjacent to an activating group) is 1. The second-order valence-electron chi connectivity index (χ2n) is 5.27. The predicted octanol–water partition coefficient (Wildman–Crippen LogP) is 1.36. The largest absolute Gasteiger partial charge is 0.360 e. The third kappa shape index (κ3) is 2.49. The molecule has 2 aromatic heterocycles. The quantitative estimate of drug-likeness (QED) is 0.794. The Balaban J connectivity index is 1.81. The molecule has 1 saturated heterocycles. The monoisotopic (exact) mass is 302 g/mol. The van der Waals surface area contributed by atoms with Crippen LogP contribution in [-0.2, 0) is 4.84 Å². The molecule has 3 heterocycles. The molecule has 3 rings (SSSR count). The van der Waals surface area contributed by atoms with E-state index >= 15 is 0 Å². The Morgan fingerprint density at radius 2 is 2.23 bits per heavy atom. The van der Waals surface area contributed by atoms with Crippen LogP contribution in [0.1, 0.15) is 16.1 Å². The first-order valence-electron chi connectivity index (χ1n) is 7.05. The maximum absolute atomic E-state index is 12.7. The lowest BCUT2D eigenvalue weighted by Gasteiger charge is -2.42. The number of hydrogen-bond acceptors (Lipinski definition) is 6. The summed E-state index contributed by atoms with van der Waals surface area (Å²) in [4.78, 5) is 23.8. The van der Waals surface area contributed by atoms with Crippen molar-refractivity contribution in [2.45, 2.75) is 13.0 Å². The zero-order chi connectivity index (χ0) is 15.7. The highest BCUT2D eigenvalue weighted by Crippen LogP contribution is 2.27. The summed E-state index contributed by atoms with van der Waals surface area (Å²) >= 11 is 0. The fraction of sp³-hybridized carbons (Fsp3) is 0.400. The van der Waals surface area contributed by atoms with Gasteiger partial charge in [-0.3, -0.25) is 9.78 Å². The summed E-state index contributed by atoms with van der Waals surface area (Å²) in [7, 11) is 3.48. The van der Waals surface area contributed by atoms with E-state index in [0.717, 1.165) is 0 Å². The van der Waals surface area contributed by atoms with Crippen LogP contribution in [0.15, 0.2) is 28.9 Å². The number of carbonyl (C=O) groups is 1. The number of likely N-dealkylation sites (tertiary alicyclic amines) is 1. The molecule has 7 nitrogen and oxygen atoms in total. The van der Waals surface area contributed by atoms with Gasteiger partial charge in [0.25, 0.3) is 5.91 Å². The maximum atomic E-state index is 12.7. The van der Waals surface area contributed by atoms with E-state index in [1.807, 2.05) is 25.2 Å². The van der Waals surface area contributed by atoms with Crippen molar-refractivity contribution in [1.82, 2.24) is 20.1 Å². The van der Waals surface area contributed by atoms with Gasteiger partial charge in [0.15, 0.2) is 0 Å². The Morgan fingerprint density at radius 1 is 1.45 bits per heavy atom. The molecule has 0 aromatic carbocycles. The van der Waals surface area contributed by atoms with E-state index in [1.54, 1.807) is 30.2 Å². The summed E-state index contributed by atoms with van der Waals surface area (Å²) in [5, 5.41) is 5.75. The number of hydroxylamine groups is 2. The first-order chi connectivity index (χ1) is 10.6. The van der Waals surface area contributed by atoms with Gasteiger partial charge < -0.3 is 14.3 Å². The summed E-state index contributed by atoms with van der Waals surface area (Å²) in [6, 6.07) is 5.70. The maximum Gasteiger partial charge on any atom is 0.259 e. The lowest BCUT2D eigenvalue weighted by molar-refractivity contribution is -0.167. The van der Waals surface area contributed by atoms with Gasteiger partial charge in [-0.1, -0.05) is 11.2 Å². The van der Waals surface area contributed by atoms with Crippen LogP contribution in [0.3, 0.4) is 0 Å². The van der Waals surface area contributed by atoms with Crippen molar-refractivity contribution in [3.63, 3.8) is 0 Å². The van der Waals surface area contributed by atoms with Crippen molar-refractivity contribution in [3.8, 4) is 11.4 Å². The molecule has 0 unspecified atom stereocenters. The van der Waals surface area contributed by atoms with Crippen LogP contribution < -0.4 is 0 Å². The molecule has 0 N–H and O–H groups in total. The van der Waals surface area contributed by atoms with Crippen molar-refractivity contribution in [2.24, 2.45) is 0 Å². The standard InChI is InChI=1S/C15H18N4O3/c1-10-13(14(17-22-10)12-6-4-5-7-16-12)15(20)19-8-11(9-19)18(2)21-3/h4-7,11H,8-9H2,1-3H3. The lowest BCUT2D eigenvalue weighted by atomic mass is 10.0. The summed E-state index contributed by atoms with van der Waals surface area (Å²) in [5.41, 5.74) is 1.61. The third-order valence-electron chi connectivity index (χ3n) is 3.94. The van der Waals surface area contributed by atoms with E-state index in [1.165, 1.54) is 0 Å². The van der Waals surface area contributed by atoms with Gasteiger partial charge in [0, 0.05) is 26.3 Å². The van der Waals surface area contributed by atoms with Crippen molar-refractivity contribution < 1.29 is 14.2 Å². The number of aryl methyl sites for hydroxylation is 1. The Kier molecular flexibility index (Phi) is 3.91. The highest BCUT2D eigenvalue weighted by molar-refractivity contribution is 6.00. The Morgan fingerprint density at radius 3 is 2.86 bits per heavy atom. The fourth-order valence-electron chi connectivity index (χ4n) is 2.46. The van der Waals surface area contributed by atoms with Gasteiger partial charge in [-0.25, -0.2) is 0 Å². The summed E-state index contributed by atoms with van der Waals surface area (Å²) in [6.07, 6.45) is 1.67. The van der Waals surface area contributed by atoms with Gasteiger partial charge in [0.1, 0.15) is 17.0 Å². The van der Waals surface area contributed by atoms with Crippen molar-refractivity contribution in [2.75, 3.05) is 27.2 Å². The second-order valence-corrected chi connectivity index (χ2v) is 5.27. The molecule has 0 bridgehead atoms. The minimum absolute atomic E-state index is 0.0832. The number of amides is 1. The van der Waals surface area contributed by atoms with Crippen LogP contribution >= 0.6 is 0 Å². The van der Waals surface area contributed by atoms with Crippen LogP contribution in [0, 0.1) is 6.92 Å². The molecule has 2 aromatic rings. The normalized spacial score (nSPS) is 15.2. The molecule has 7 heteroatoms. The number of aromatic nitrogens is 2. The number of carbonyl (C=O) groups excluding carboxylic acids is 1. The molecule has 0 radical (unpaired) electrons. The molecule has 1 aliphatic heterocycles. The van der Waals surface area contributed by atoms with Crippen LogP contribution in [0.2, 0.25) is 0 Å². The SMILES string of the molecule is CON(C)C1CN(C(=O)c2c(-c3ccccn3)noc2C)C1. The number of nitrogens with zero attached hydrogens (tertiary/aromatic N) is 4. The van der Waals surface area contributed by atoms with Gasteiger partial charge >= 0.3 is 0 Å². The minimum atomic E-state index is -0.0832. The molecule has 1 amide bonds. The minimum Gasteiger partial charge on any atom is -0.360 e. The Hall–Kier alpha value is -2.25. The summed E-state index contributed by atoms with van der Waals surface area (Å²) in [6.45, 7) is 2.98. The molecule has 22 heavy (non-hydrogen) atoms. The van der Waals surface area contributed by atoms with Gasteiger partial charge in [-0.2, -0.15) is 5.06 Å². The van der Waals surface area contributed by atoms with E-state index in [4.69, 9.17) is 9.36 Å². The summed E-state index contributed by atoms with van der Waals surface area (Å²) < 4.78 is 5.21. The van der Waals surface area contributed by atoms with E-state index in [2.05, 4.69) is 10.1 Å². The molecule has 1 fully saturated rings. The van der Waals surface area contributed by atoms with Crippen molar-refractivity contribution in [3.05, 3.63) is 35.7 Å². The van der Waals surface area contributed by atoms with Crippen LogP contribution in [0.5, 0.6) is 0 Å². The molecule has 0 aliphatic carbocycles. The fourth-order valence-corrected chi connectivity index (χ4v) is 2.46. The first-order valence-corrected chi connectivity index (χ1v) is 7.05. The first kappa shape index (κ1) is 14.7. The second kappa shape index (κ2) is 5.86. The summed E-state index contributed by atoms with van der Waals surface area (Å²) in [5.74, 6) is 0.425. The average molecular weight is 302 g/mol. The highest BCUT2D eigenvalue weighted by Gasteiger charge is 2.37. The zero-order valence-electron chi connectivity index (χ0n) is 12.8. The molecule has 0 atom stereocenters. The molecule has 1 aliphatic rings. The van der Waals surface area contributed by atoms with E-state index in [9.17, 15) is 4.79 Å². The van der Waals surface area contributed by atoms with E-state index in [0.29, 0.717) is 35.8 Å². The van der Waals surface area contributed by atoms with Gasteiger partial charge in [-0.05, 0) is 19.1 Å². The van der Waals surface area contributed by atoms with Gasteiger partial charge in [-0.15, -0.1) is 0 Å². The molecule has 116 valence electrons. The van der Waals surface area contributed by atoms with Crippen molar-refractivity contribution in [1.29, 1.82) is 0 Å². The molecule has 0 saturated carbocycles. The number of pyridine rings is 1. The van der Waals surface area contributed by atoms with Gasteiger partial charge in [0.2, 0.25) is 0 Å². The topological polar surface area (TPSA) is 71.7 Å². The predicted molar refractivity (Wildman–Crippen MR) is 78.9 cm³/mol.